The van der Waals surface area contributed by atoms with Gasteiger partial charge in [0.25, 0.3) is 17.7 Å². The van der Waals surface area contributed by atoms with Crippen LogP contribution in [0.5, 0.6) is 0 Å². The second kappa shape index (κ2) is 7.09. The van der Waals surface area contributed by atoms with Crippen molar-refractivity contribution in [1.29, 1.82) is 0 Å². The summed E-state index contributed by atoms with van der Waals surface area (Å²) in [5, 5.41) is 3.04. The summed E-state index contributed by atoms with van der Waals surface area (Å²) >= 11 is 1.28. The Balaban J connectivity index is 1.66. The van der Waals surface area contributed by atoms with Gasteiger partial charge >= 0.3 is 0 Å². The summed E-state index contributed by atoms with van der Waals surface area (Å²) in [6, 6.07) is 8.22. The summed E-state index contributed by atoms with van der Waals surface area (Å²) < 4.78 is 0. The average Bonchev–Trinajstić information content (AvgIpc) is 3.14. The average molecular weight is 371 g/mol. The van der Waals surface area contributed by atoms with Gasteiger partial charge in [-0.1, -0.05) is 19.1 Å². The molecule has 1 aliphatic rings. The van der Waals surface area contributed by atoms with Crippen molar-refractivity contribution in [2.24, 2.45) is 5.73 Å². The maximum Gasteiger partial charge on any atom is 0.261 e. The lowest BCUT2D eigenvalue weighted by Gasteiger charge is -2.13. The molecule has 7 nitrogen and oxygen atoms in total. The normalized spacial score (nSPS) is 13.0. The van der Waals surface area contributed by atoms with E-state index >= 15 is 0 Å². The van der Waals surface area contributed by atoms with Crippen molar-refractivity contribution in [3.05, 3.63) is 51.9 Å². The van der Waals surface area contributed by atoms with E-state index in [1.807, 2.05) is 6.92 Å². The van der Waals surface area contributed by atoms with Crippen molar-refractivity contribution in [2.75, 3.05) is 11.9 Å². The lowest BCUT2D eigenvalue weighted by Crippen LogP contribution is -2.33. The van der Waals surface area contributed by atoms with Crippen LogP contribution in [0.15, 0.2) is 30.3 Å². The topological polar surface area (TPSA) is 110 Å². The maximum atomic E-state index is 12.3. The highest BCUT2D eigenvalue weighted by molar-refractivity contribution is 7.16. The van der Waals surface area contributed by atoms with Gasteiger partial charge in [-0.05, 0) is 24.6 Å². The first-order valence-electron chi connectivity index (χ1n) is 8.10. The number of carbonyl (C=O) groups excluding carboxylic acids is 4. The van der Waals surface area contributed by atoms with E-state index in [2.05, 4.69) is 5.32 Å². The van der Waals surface area contributed by atoms with Gasteiger partial charge in [-0.15, -0.1) is 11.3 Å². The first-order chi connectivity index (χ1) is 12.4. The number of nitrogens with two attached hydrogens (primary N) is 1. The number of primary amides is 1. The molecule has 0 saturated carbocycles. The molecular formula is C18H17N3O4S. The van der Waals surface area contributed by atoms with Crippen LogP contribution in [-0.2, 0) is 11.2 Å². The Hall–Kier alpha value is -3.00. The van der Waals surface area contributed by atoms with Crippen LogP contribution in [0.2, 0.25) is 0 Å². The highest BCUT2D eigenvalue weighted by Gasteiger charge is 2.35. The number of imide groups is 1. The summed E-state index contributed by atoms with van der Waals surface area (Å²) in [4.78, 5) is 50.3. The number of benzene rings is 1. The Morgan fingerprint density at radius 1 is 1.15 bits per heavy atom. The zero-order chi connectivity index (χ0) is 18.8. The Morgan fingerprint density at radius 3 is 2.31 bits per heavy atom. The maximum absolute atomic E-state index is 12.3. The van der Waals surface area contributed by atoms with Gasteiger partial charge in [-0.3, -0.25) is 24.1 Å². The molecule has 3 rings (SSSR count). The first kappa shape index (κ1) is 17.8. The molecule has 2 aromatic rings. The molecule has 2 heterocycles. The van der Waals surface area contributed by atoms with Crippen molar-refractivity contribution in [2.45, 2.75) is 19.8 Å². The van der Waals surface area contributed by atoms with Gasteiger partial charge in [0.15, 0.2) is 0 Å². The highest BCUT2D eigenvalue weighted by atomic mass is 32.1. The fourth-order valence-electron chi connectivity index (χ4n) is 2.74. The molecular weight excluding hydrogens is 354 g/mol. The Morgan fingerprint density at radius 2 is 1.77 bits per heavy atom. The lowest BCUT2D eigenvalue weighted by molar-refractivity contribution is -0.116. The summed E-state index contributed by atoms with van der Waals surface area (Å²) in [5.74, 6) is -1.81. The Kier molecular flexibility index (Phi) is 4.85. The molecule has 4 amide bonds. The molecule has 0 radical (unpaired) electrons. The third-order valence-electron chi connectivity index (χ3n) is 4.09. The van der Waals surface area contributed by atoms with Crippen molar-refractivity contribution < 1.29 is 19.2 Å². The molecule has 8 heteroatoms. The zero-order valence-corrected chi connectivity index (χ0v) is 14.9. The number of fused-ring (bicyclic) bond motifs is 1. The third-order valence-corrected chi connectivity index (χ3v) is 5.29. The molecule has 1 aromatic heterocycles. The quantitative estimate of drug-likeness (QED) is 0.757. The van der Waals surface area contributed by atoms with Crippen molar-refractivity contribution in [3.63, 3.8) is 0 Å². The van der Waals surface area contributed by atoms with Crippen LogP contribution < -0.4 is 11.1 Å². The van der Waals surface area contributed by atoms with Crippen LogP contribution in [0.4, 0.5) is 5.00 Å². The number of nitrogens with zero attached hydrogens (tertiary/aromatic N) is 1. The summed E-state index contributed by atoms with van der Waals surface area (Å²) in [7, 11) is 0. The van der Waals surface area contributed by atoms with Crippen LogP contribution in [-0.4, -0.2) is 35.1 Å². The van der Waals surface area contributed by atoms with E-state index < -0.39 is 23.6 Å². The molecule has 0 atom stereocenters. The van der Waals surface area contributed by atoms with Gasteiger partial charge in [0.1, 0.15) is 5.00 Å². The molecule has 0 saturated heterocycles. The van der Waals surface area contributed by atoms with Crippen LogP contribution in [0.1, 0.15) is 49.3 Å². The van der Waals surface area contributed by atoms with Gasteiger partial charge in [0.05, 0.1) is 16.7 Å². The second-order valence-electron chi connectivity index (χ2n) is 5.78. The van der Waals surface area contributed by atoms with Crippen molar-refractivity contribution in [1.82, 2.24) is 4.90 Å². The predicted molar refractivity (Wildman–Crippen MR) is 97.3 cm³/mol. The monoisotopic (exact) mass is 371 g/mol. The second-order valence-corrected chi connectivity index (χ2v) is 6.92. The molecule has 0 bridgehead atoms. The molecule has 26 heavy (non-hydrogen) atoms. The number of hydrogen-bond donors (Lipinski definition) is 2. The van der Waals surface area contributed by atoms with E-state index in [1.165, 1.54) is 11.3 Å². The van der Waals surface area contributed by atoms with Gasteiger partial charge < -0.3 is 11.1 Å². The van der Waals surface area contributed by atoms with Crippen LogP contribution in [0, 0.1) is 0 Å². The molecule has 0 spiro atoms. The van der Waals surface area contributed by atoms with E-state index in [1.54, 1.807) is 30.3 Å². The standard InChI is InChI=1S/C18H17N3O4S/c1-2-10-9-13(15(19)23)16(26-10)20-14(22)7-8-21-17(24)11-5-3-4-6-12(11)18(21)25/h3-6,9H,2,7-8H2,1H3,(H2,19,23)(H,20,22). The van der Waals surface area contributed by atoms with Crippen LogP contribution in [0.3, 0.4) is 0 Å². The summed E-state index contributed by atoms with van der Waals surface area (Å²) in [6.07, 6.45) is 0.652. The van der Waals surface area contributed by atoms with Gasteiger partial charge in [0, 0.05) is 17.8 Å². The minimum absolute atomic E-state index is 0.0317. The molecule has 0 aliphatic carbocycles. The zero-order valence-electron chi connectivity index (χ0n) is 14.1. The summed E-state index contributed by atoms with van der Waals surface area (Å²) in [5.41, 5.74) is 6.29. The van der Waals surface area contributed by atoms with Gasteiger partial charge in [-0.25, -0.2) is 0 Å². The minimum atomic E-state index is -0.614. The largest absolute Gasteiger partial charge is 0.366 e. The van der Waals surface area contributed by atoms with E-state index in [-0.39, 0.29) is 18.5 Å². The number of thiophene rings is 1. The smallest absolute Gasteiger partial charge is 0.261 e. The van der Waals surface area contributed by atoms with Crippen LogP contribution >= 0.6 is 11.3 Å². The van der Waals surface area contributed by atoms with E-state index in [4.69, 9.17) is 5.73 Å². The van der Waals surface area contributed by atoms with E-state index in [0.29, 0.717) is 16.1 Å². The predicted octanol–water partition coefficient (Wildman–Crippen LogP) is 2.03. The minimum Gasteiger partial charge on any atom is -0.366 e. The van der Waals surface area contributed by atoms with E-state index in [0.717, 1.165) is 16.2 Å². The number of nitrogens with one attached hydrogen (secondary N) is 1. The number of anilines is 1. The Labute approximate surface area is 153 Å². The van der Waals surface area contributed by atoms with Gasteiger partial charge in [0.2, 0.25) is 5.91 Å². The molecule has 0 unspecified atom stereocenters. The fraction of sp³-hybridized carbons (Fsp3) is 0.222. The van der Waals surface area contributed by atoms with Crippen LogP contribution in [0.25, 0.3) is 0 Å². The number of hydrogen-bond acceptors (Lipinski definition) is 5. The first-order valence-corrected chi connectivity index (χ1v) is 8.91. The number of carbonyl (C=O) groups is 4. The molecule has 134 valence electrons. The van der Waals surface area contributed by atoms with Crippen molar-refractivity contribution in [3.8, 4) is 0 Å². The summed E-state index contributed by atoms with van der Waals surface area (Å²) in [6.45, 7) is 1.90. The number of aryl methyl sites for hydroxylation is 1. The fourth-order valence-corrected chi connectivity index (χ4v) is 3.75. The number of amides is 4. The molecule has 1 aliphatic heterocycles. The SMILES string of the molecule is CCc1cc(C(N)=O)c(NC(=O)CCN2C(=O)c3ccccc3C2=O)s1. The Bertz CT molecular complexity index is 884. The number of rotatable bonds is 6. The molecule has 3 N–H and O–H groups in total. The van der Waals surface area contributed by atoms with Gasteiger partial charge in [-0.2, -0.15) is 0 Å². The molecule has 0 fully saturated rings. The third kappa shape index (κ3) is 3.23. The van der Waals surface area contributed by atoms with Crippen molar-refractivity contribution >= 4 is 40.0 Å². The van der Waals surface area contributed by atoms with E-state index in [9.17, 15) is 19.2 Å². The highest BCUT2D eigenvalue weighted by Crippen LogP contribution is 2.28. The molecule has 1 aromatic carbocycles. The lowest BCUT2D eigenvalue weighted by atomic mass is 10.1.